The number of hydrogen-bond acceptors (Lipinski definition) is 3. The highest BCUT2D eigenvalue weighted by Crippen LogP contribution is 2.25. The van der Waals surface area contributed by atoms with Crippen molar-refractivity contribution in [3.63, 3.8) is 0 Å². The molecule has 142 valence electrons. The van der Waals surface area contributed by atoms with Crippen LogP contribution < -0.4 is 14.8 Å². The number of ether oxygens (including phenoxy) is 2. The van der Waals surface area contributed by atoms with Crippen LogP contribution in [0.15, 0.2) is 47.5 Å². The first kappa shape index (κ1) is 22.0. The number of halogens is 2. The van der Waals surface area contributed by atoms with Crippen LogP contribution >= 0.6 is 24.0 Å². The smallest absolute Gasteiger partial charge is 0.193 e. The van der Waals surface area contributed by atoms with Crippen LogP contribution in [0, 0.1) is 5.82 Å². The van der Waals surface area contributed by atoms with Crippen molar-refractivity contribution in [2.45, 2.75) is 13.1 Å². The SMILES string of the molecule is CN=C(NCc1ccccc1F)N(C)Cc1ccc(OC)cc1OC.I. The van der Waals surface area contributed by atoms with Gasteiger partial charge in [0.05, 0.1) is 14.2 Å². The van der Waals surface area contributed by atoms with Crippen molar-refractivity contribution in [2.75, 3.05) is 28.3 Å². The number of methoxy groups -OCH3 is 2. The van der Waals surface area contributed by atoms with Crippen molar-refractivity contribution in [3.8, 4) is 11.5 Å². The third kappa shape index (κ3) is 5.76. The molecular formula is C19H25FIN3O2. The number of nitrogens with zero attached hydrogens (tertiary/aromatic N) is 2. The average molecular weight is 473 g/mol. The lowest BCUT2D eigenvalue weighted by molar-refractivity contribution is 0.382. The van der Waals surface area contributed by atoms with E-state index in [1.807, 2.05) is 36.2 Å². The van der Waals surface area contributed by atoms with Gasteiger partial charge in [-0.3, -0.25) is 4.99 Å². The molecule has 0 heterocycles. The second-order valence-corrected chi connectivity index (χ2v) is 5.53. The lowest BCUT2D eigenvalue weighted by Crippen LogP contribution is -2.38. The molecular weight excluding hydrogens is 448 g/mol. The van der Waals surface area contributed by atoms with E-state index in [1.54, 1.807) is 33.4 Å². The van der Waals surface area contributed by atoms with Gasteiger partial charge in [-0.15, -0.1) is 24.0 Å². The molecule has 0 atom stereocenters. The average Bonchev–Trinajstić information content (AvgIpc) is 2.64. The van der Waals surface area contributed by atoms with E-state index < -0.39 is 0 Å². The maximum atomic E-state index is 13.7. The number of rotatable bonds is 6. The number of benzene rings is 2. The molecule has 0 bridgehead atoms. The summed E-state index contributed by atoms with van der Waals surface area (Å²) in [6.45, 7) is 0.952. The maximum absolute atomic E-state index is 13.7. The standard InChI is InChI=1S/C19H24FN3O2.HI/c1-21-19(22-12-14-7-5-6-8-17(14)20)23(2)13-15-9-10-16(24-3)11-18(15)25-4;/h5-11H,12-13H2,1-4H3,(H,21,22);1H. The molecule has 0 amide bonds. The van der Waals surface area contributed by atoms with Gasteiger partial charge >= 0.3 is 0 Å². The fourth-order valence-corrected chi connectivity index (χ4v) is 2.51. The van der Waals surface area contributed by atoms with E-state index in [9.17, 15) is 4.39 Å². The fraction of sp³-hybridized carbons (Fsp3) is 0.316. The van der Waals surface area contributed by atoms with Crippen molar-refractivity contribution in [1.82, 2.24) is 10.2 Å². The molecule has 7 heteroatoms. The molecule has 2 aromatic carbocycles. The van der Waals surface area contributed by atoms with Gasteiger partial charge in [0.2, 0.25) is 0 Å². The predicted octanol–water partition coefficient (Wildman–Crippen LogP) is 3.67. The Hall–Kier alpha value is -2.03. The van der Waals surface area contributed by atoms with E-state index in [4.69, 9.17) is 9.47 Å². The summed E-state index contributed by atoms with van der Waals surface area (Å²) in [4.78, 5) is 6.21. The van der Waals surface area contributed by atoms with Crippen LogP contribution in [0.2, 0.25) is 0 Å². The lowest BCUT2D eigenvalue weighted by atomic mass is 10.2. The van der Waals surface area contributed by atoms with Crippen molar-refractivity contribution in [1.29, 1.82) is 0 Å². The topological polar surface area (TPSA) is 46.1 Å². The normalized spacial score (nSPS) is 10.7. The summed E-state index contributed by atoms with van der Waals surface area (Å²) < 4.78 is 24.4. The Morgan fingerprint density at radius 3 is 2.46 bits per heavy atom. The Balaban J connectivity index is 0.00000338. The lowest BCUT2D eigenvalue weighted by Gasteiger charge is -2.23. The van der Waals surface area contributed by atoms with Crippen LogP contribution in [0.25, 0.3) is 0 Å². The Morgan fingerprint density at radius 2 is 1.85 bits per heavy atom. The quantitative estimate of drug-likeness (QED) is 0.395. The molecule has 0 radical (unpaired) electrons. The van der Waals surface area contributed by atoms with Crippen molar-refractivity contribution >= 4 is 29.9 Å². The van der Waals surface area contributed by atoms with Crippen molar-refractivity contribution in [2.24, 2.45) is 4.99 Å². The van der Waals surface area contributed by atoms with Crippen LogP contribution in [-0.2, 0) is 13.1 Å². The second kappa shape index (κ2) is 10.8. The Kier molecular flexibility index (Phi) is 9.18. The molecule has 5 nitrogen and oxygen atoms in total. The van der Waals surface area contributed by atoms with E-state index in [1.165, 1.54) is 6.07 Å². The number of guanidine groups is 1. The highest BCUT2D eigenvalue weighted by molar-refractivity contribution is 14.0. The molecule has 26 heavy (non-hydrogen) atoms. The van der Waals surface area contributed by atoms with Gasteiger partial charge in [0.15, 0.2) is 5.96 Å². The van der Waals surface area contributed by atoms with Crippen LogP contribution in [0.5, 0.6) is 11.5 Å². The summed E-state index contributed by atoms with van der Waals surface area (Å²) in [5.41, 5.74) is 1.60. The van der Waals surface area contributed by atoms with Gasteiger partial charge in [-0.05, 0) is 18.2 Å². The summed E-state index contributed by atoms with van der Waals surface area (Å²) >= 11 is 0. The zero-order valence-corrected chi connectivity index (χ0v) is 17.8. The molecule has 2 aromatic rings. The summed E-state index contributed by atoms with van der Waals surface area (Å²) in [5, 5.41) is 3.18. The van der Waals surface area contributed by atoms with Gasteiger partial charge in [-0.25, -0.2) is 4.39 Å². The Morgan fingerprint density at radius 1 is 1.12 bits per heavy atom. The fourth-order valence-electron chi connectivity index (χ4n) is 2.51. The van der Waals surface area contributed by atoms with Crippen LogP contribution in [0.3, 0.4) is 0 Å². The van der Waals surface area contributed by atoms with Crippen LogP contribution in [-0.4, -0.2) is 39.2 Å². The zero-order valence-electron chi connectivity index (χ0n) is 15.5. The summed E-state index contributed by atoms with van der Waals surface area (Å²) in [7, 11) is 6.87. The minimum Gasteiger partial charge on any atom is -0.497 e. The van der Waals surface area contributed by atoms with Gasteiger partial charge in [-0.2, -0.15) is 0 Å². The highest BCUT2D eigenvalue weighted by atomic mass is 127. The van der Waals surface area contributed by atoms with Gasteiger partial charge in [0.1, 0.15) is 17.3 Å². The zero-order chi connectivity index (χ0) is 18.2. The van der Waals surface area contributed by atoms with Gasteiger partial charge in [0.25, 0.3) is 0 Å². The monoisotopic (exact) mass is 473 g/mol. The van der Waals surface area contributed by atoms with Gasteiger partial charge in [0, 0.05) is 44.4 Å². The maximum Gasteiger partial charge on any atom is 0.193 e. The van der Waals surface area contributed by atoms with E-state index >= 15 is 0 Å². The number of hydrogen-bond donors (Lipinski definition) is 1. The van der Waals surface area contributed by atoms with Crippen LogP contribution in [0.4, 0.5) is 4.39 Å². The largest absolute Gasteiger partial charge is 0.497 e. The number of aliphatic imine (C=N–C) groups is 1. The first-order chi connectivity index (χ1) is 12.1. The van der Waals surface area contributed by atoms with Crippen molar-refractivity contribution in [3.05, 3.63) is 59.4 Å². The first-order valence-electron chi connectivity index (χ1n) is 7.95. The van der Waals surface area contributed by atoms with E-state index in [-0.39, 0.29) is 29.8 Å². The minimum absolute atomic E-state index is 0. The Bertz CT molecular complexity index is 740. The van der Waals surface area contributed by atoms with Gasteiger partial charge in [-0.1, -0.05) is 18.2 Å². The molecule has 0 aliphatic heterocycles. The van der Waals surface area contributed by atoms with E-state index in [0.717, 1.165) is 17.1 Å². The molecule has 0 unspecified atom stereocenters. The number of nitrogens with one attached hydrogen (secondary N) is 1. The molecule has 1 N–H and O–H groups in total. The molecule has 2 rings (SSSR count). The highest BCUT2D eigenvalue weighted by Gasteiger charge is 2.12. The van der Waals surface area contributed by atoms with Gasteiger partial charge < -0.3 is 19.7 Å². The molecule has 0 fully saturated rings. The van der Waals surface area contributed by atoms with E-state index in [0.29, 0.717) is 24.6 Å². The molecule has 0 saturated carbocycles. The second-order valence-electron chi connectivity index (χ2n) is 5.53. The molecule has 0 aliphatic rings. The van der Waals surface area contributed by atoms with Crippen molar-refractivity contribution < 1.29 is 13.9 Å². The molecule has 0 spiro atoms. The predicted molar refractivity (Wildman–Crippen MR) is 113 cm³/mol. The Labute approximate surface area is 171 Å². The third-order valence-electron chi connectivity index (χ3n) is 3.87. The molecule has 0 aliphatic carbocycles. The van der Waals surface area contributed by atoms with Crippen LogP contribution in [0.1, 0.15) is 11.1 Å². The first-order valence-corrected chi connectivity index (χ1v) is 7.95. The molecule has 0 aromatic heterocycles. The minimum atomic E-state index is -0.232. The summed E-state index contributed by atoms with van der Waals surface area (Å²) in [6, 6.07) is 12.4. The van der Waals surface area contributed by atoms with E-state index in [2.05, 4.69) is 10.3 Å². The third-order valence-corrected chi connectivity index (χ3v) is 3.87. The summed E-state index contributed by atoms with van der Waals surface area (Å²) in [5.74, 6) is 1.92. The molecule has 0 saturated heterocycles. The summed E-state index contributed by atoms with van der Waals surface area (Å²) in [6.07, 6.45) is 0.